The summed E-state index contributed by atoms with van der Waals surface area (Å²) >= 11 is 5.19. The highest BCUT2D eigenvalue weighted by atomic mass is 127. The predicted octanol–water partition coefficient (Wildman–Crippen LogP) is 4.97. The van der Waals surface area contributed by atoms with Gasteiger partial charge in [-0.2, -0.15) is 0 Å². The molecule has 0 aromatic heterocycles. The molecular weight excluding hydrogens is 618 g/mol. The summed E-state index contributed by atoms with van der Waals surface area (Å²) in [6.45, 7) is 2.04. The summed E-state index contributed by atoms with van der Waals surface area (Å²) in [6, 6.07) is 12.7. The van der Waals surface area contributed by atoms with Crippen molar-refractivity contribution < 1.29 is 19.1 Å². The van der Waals surface area contributed by atoms with Gasteiger partial charge in [-0.3, -0.25) is 19.3 Å². The quantitative estimate of drug-likeness (QED) is 0.359. The standard InChI is InChI=1S/C20H16I2N2O4S/c1-2-28-18-12(8-13(21)10-15(18)22)9-16-19(26)24(20(27)29-16)11-17(25)23-14-6-4-3-5-7-14/h3-10H,2,11H2,1H3,(H,23,25)/b16-9+. The normalized spacial score (nSPS) is 15.1. The highest BCUT2D eigenvalue weighted by Crippen LogP contribution is 2.36. The lowest BCUT2D eigenvalue weighted by molar-refractivity contribution is -0.127. The first kappa shape index (κ1) is 22.1. The van der Waals surface area contributed by atoms with Gasteiger partial charge in [-0.15, -0.1) is 0 Å². The van der Waals surface area contributed by atoms with Crippen LogP contribution in [0.2, 0.25) is 0 Å². The molecule has 0 unspecified atom stereocenters. The van der Waals surface area contributed by atoms with Gasteiger partial charge >= 0.3 is 0 Å². The maximum absolute atomic E-state index is 12.7. The summed E-state index contributed by atoms with van der Waals surface area (Å²) in [5, 5.41) is 2.21. The van der Waals surface area contributed by atoms with Crippen LogP contribution in [0.25, 0.3) is 6.08 Å². The van der Waals surface area contributed by atoms with Gasteiger partial charge in [0.25, 0.3) is 11.1 Å². The van der Waals surface area contributed by atoms with Crippen molar-refractivity contribution in [3.63, 3.8) is 0 Å². The van der Waals surface area contributed by atoms with Crippen molar-refractivity contribution in [3.05, 3.63) is 60.1 Å². The van der Waals surface area contributed by atoms with E-state index in [0.29, 0.717) is 18.0 Å². The van der Waals surface area contributed by atoms with E-state index in [9.17, 15) is 14.4 Å². The molecule has 150 valence electrons. The molecule has 2 aromatic carbocycles. The average Bonchev–Trinajstić information content (AvgIpc) is 2.92. The molecule has 1 aliphatic rings. The number of ether oxygens (including phenoxy) is 1. The molecule has 1 heterocycles. The van der Waals surface area contributed by atoms with E-state index in [-0.39, 0.29) is 11.4 Å². The van der Waals surface area contributed by atoms with Crippen LogP contribution in [0.1, 0.15) is 12.5 Å². The van der Waals surface area contributed by atoms with Crippen LogP contribution in [0.3, 0.4) is 0 Å². The maximum atomic E-state index is 12.7. The average molecular weight is 634 g/mol. The molecule has 9 heteroatoms. The third-order valence-electron chi connectivity index (χ3n) is 3.85. The highest BCUT2D eigenvalue weighted by Gasteiger charge is 2.36. The van der Waals surface area contributed by atoms with Crippen molar-refractivity contribution in [3.8, 4) is 5.75 Å². The van der Waals surface area contributed by atoms with Crippen LogP contribution < -0.4 is 10.1 Å². The Morgan fingerprint density at radius 1 is 1.21 bits per heavy atom. The lowest BCUT2D eigenvalue weighted by atomic mass is 10.2. The summed E-state index contributed by atoms with van der Waals surface area (Å²) in [4.78, 5) is 38.5. The van der Waals surface area contributed by atoms with Crippen molar-refractivity contribution in [2.24, 2.45) is 0 Å². The van der Waals surface area contributed by atoms with Gasteiger partial charge in [0.05, 0.1) is 15.1 Å². The fourth-order valence-corrected chi connectivity index (χ4v) is 5.50. The topological polar surface area (TPSA) is 75.7 Å². The Balaban J connectivity index is 1.79. The van der Waals surface area contributed by atoms with E-state index in [1.807, 2.05) is 25.1 Å². The van der Waals surface area contributed by atoms with E-state index in [4.69, 9.17) is 4.74 Å². The van der Waals surface area contributed by atoms with Gasteiger partial charge in [0, 0.05) is 14.8 Å². The van der Waals surface area contributed by atoms with Crippen molar-refractivity contribution >= 4 is 85.8 Å². The summed E-state index contributed by atoms with van der Waals surface area (Å²) in [6.07, 6.45) is 1.65. The van der Waals surface area contributed by atoms with Gasteiger partial charge in [-0.05, 0) is 94.2 Å². The zero-order valence-corrected chi connectivity index (χ0v) is 20.4. The fourth-order valence-electron chi connectivity index (χ4n) is 2.63. The van der Waals surface area contributed by atoms with Gasteiger partial charge in [0.2, 0.25) is 5.91 Å². The molecule has 1 fully saturated rings. The molecule has 1 saturated heterocycles. The number of benzene rings is 2. The Hall–Kier alpha value is -1.60. The van der Waals surface area contributed by atoms with Crippen LogP contribution in [0.4, 0.5) is 10.5 Å². The summed E-state index contributed by atoms with van der Waals surface area (Å²) < 4.78 is 7.62. The van der Waals surface area contributed by atoms with Crippen LogP contribution in [0, 0.1) is 7.14 Å². The number of nitrogens with one attached hydrogen (secondary N) is 1. The second kappa shape index (κ2) is 9.94. The Morgan fingerprint density at radius 2 is 1.93 bits per heavy atom. The molecule has 0 bridgehead atoms. The molecule has 0 aliphatic carbocycles. The van der Waals surface area contributed by atoms with E-state index in [1.54, 1.807) is 30.3 Å². The molecule has 3 amide bonds. The molecule has 1 aliphatic heterocycles. The first-order chi connectivity index (χ1) is 13.9. The molecule has 3 rings (SSSR count). The van der Waals surface area contributed by atoms with Gasteiger partial charge in [0.15, 0.2) is 0 Å². The fraction of sp³-hybridized carbons (Fsp3) is 0.150. The van der Waals surface area contributed by atoms with Crippen LogP contribution in [0.15, 0.2) is 47.4 Å². The molecule has 6 nitrogen and oxygen atoms in total. The Morgan fingerprint density at radius 3 is 2.62 bits per heavy atom. The molecule has 29 heavy (non-hydrogen) atoms. The van der Waals surface area contributed by atoms with E-state index in [1.165, 1.54) is 0 Å². The number of halogens is 2. The van der Waals surface area contributed by atoms with E-state index < -0.39 is 17.1 Å². The number of anilines is 1. The number of amides is 3. The summed E-state index contributed by atoms with van der Waals surface area (Å²) in [7, 11) is 0. The predicted molar refractivity (Wildman–Crippen MR) is 131 cm³/mol. The largest absolute Gasteiger partial charge is 0.492 e. The maximum Gasteiger partial charge on any atom is 0.294 e. The second-order valence-corrected chi connectivity index (χ2v) is 9.32. The van der Waals surface area contributed by atoms with E-state index in [0.717, 1.165) is 29.4 Å². The number of carbonyl (C=O) groups is 3. The Labute approximate surface area is 199 Å². The van der Waals surface area contributed by atoms with Crippen LogP contribution in [-0.2, 0) is 9.59 Å². The van der Waals surface area contributed by atoms with Crippen molar-refractivity contribution in [2.75, 3.05) is 18.5 Å². The molecule has 0 radical (unpaired) electrons. The van der Waals surface area contributed by atoms with Gasteiger partial charge in [-0.25, -0.2) is 0 Å². The van der Waals surface area contributed by atoms with Gasteiger partial charge in [0.1, 0.15) is 12.3 Å². The van der Waals surface area contributed by atoms with E-state index in [2.05, 4.69) is 50.5 Å². The molecule has 0 atom stereocenters. The molecule has 0 saturated carbocycles. The number of rotatable bonds is 6. The number of thioether (sulfide) groups is 1. The van der Waals surface area contributed by atoms with Crippen molar-refractivity contribution in [1.82, 2.24) is 4.90 Å². The smallest absolute Gasteiger partial charge is 0.294 e. The lowest BCUT2D eigenvalue weighted by Crippen LogP contribution is -2.36. The third-order valence-corrected chi connectivity index (χ3v) is 6.18. The third kappa shape index (κ3) is 5.51. The number of hydrogen-bond acceptors (Lipinski definition) is 5. The summed E-state index contributed by atoms with van der Waals surface area (Å²) in [5.41, 5.74) is 1.33. The van der Waals surface area contributed by atoms with E-state index >= 15 is 0 Å². The minimum Gasteiger partial charge on any atom is -0.492 e. The monoisotopic (exact) mass is 634 g/mol. The van der Waals surface area contributed by atoms with Gasteiger partial charge < -0.3 is 10.1 Å². The Bertz CT molecular complexity index is 995. The summed E-state index contributed by atoms with van der Waals surface area (Å²) in [5.74, 6) is -0.250. The van der Waals surface area contributed by atoms with Crippen LogP contribution >= 0.6 is 56.9 Å². The minimum atomic E-state index is -0.487. The first-order valence-electron chi connectivity index (χ1n) is 8.61. The molecule has 1 N–H and O–H groups in total. The van der Waals surface area contributed by atoms with Gasteiger partial charge in [-0.1, -0.05) is 18.2 Å². The molecule has 2 aromatic rings. The number of para-hydroxylation sites is 1. The number of nitrogens with zero attached hydrogens (tertiary/aromatic N) is 1. The van der Waals surface area contributed by atoms with Crippen LogP contribution in [0.5, 0.6) is 5.75 Å². The number of imide groups is 1. The zero-order chi connectivity index (χ0) is 21.0. The number of hydrogen-bond donors (Lipinski definition) is 1. The minimum absolute atomic E-state index is 0.265. The number of carbonyl (C=O) groups excluding carboxylic acids is 3. The molecular formula is C20H16I2N2O4S. The van der Waals surface area contributed by atoms with Crippen LogP contribution in [-0.4, -0.2) is 35.1 Å². The molecule has 0 spiro atoms. The highest BCUT2D eigenvalue weighted by molar-refractivity contribution is 14.1. The second-order valence-electron chi connectivity index (χ2n) is 5.92. The first-order valence-corrected chi connectivity index (χ1v) is 11.6. The van der Waals surface area contributed by atoms with Crippen molar-refractivity contribution in [1.29, 1.82) is 0 Å². The lowest BCUT2D eigenvalue weighted by Gasteiger charge is -2.13. The van der Waals surface area contributed by atoms with Crippen molar-refractivity contribution in [2.45, 2.75) is 6.92 Å². The zero-order valence-electron chi connectivity index (χ0n) is 15.3. The Kier molecular flexibility index (Phi) is 7.57. The SMILES string of the molecule is CCOc1c(I)cc(I)cc1/C=C1/SC(=O)N(CC(=O)Nc2ccccc2)C1=O.